The van der Waals surface area contributed by atoms with Crippen LogP contribution in [0.1, 0.15) is 120 Å². The largest absolute Gasteiger partial charge is 0.450 e. The van der Waals surface area contributed by atoms with Crippen molar-refractivity contribution < 1.29 is 241 Å². The summed E-state index contributed by atoms with van der Waals surface area (Å²) in [7, 11) is 0. The lowest BCUT2D eigenvalue weighted by molar-refractivity contribution is -0.321. The van der Waals surface area contributed by atoms with E-state index in [1.165, 1.54) is 12.1 Å². The molecule has 60 atom stereocenters. The summed E-state index contributed by atoms with van der Waals surface area (Å²) in [5.74, 6) is -10.3. The monoisotopic (exact) mass is 2150 g/mol. The van der Waals surface area contributed by atoms with E-state index < -0.39 is 427 Å². The van der Waals surface area contributed by atoms with Gasteiger partial charge in [-0.05, 0) is 42.3 Å². The van der Waals surface area contributed by atoms with Gasteiger partial charge in [0.05, 0.1) is 152 Å². The molecule has 858 valence electrons. The summed E-state index contributed by atoms with van der Waals surface area (Å²) in [5, 5.41) is 261. The van der Waals surface area contributed by atoms with Crippen molar-refractivity contribution >= 4 is 5.97 Å². The predicted octanol–water partition coefficient (Wildman–Crippen LogP) is -6.21. The quantitative estimate of drug-likeness (QED) is 0.00949. The molecule has 13 rings (SSSR count). The molecular weight excluding hydrogens is 1990 g/mol. The zero-order valence-corrected chi connectivity index (χ0v) is 85.8. The fourth-order valence-electron chi connectivity index (χ4n) is 22.6. The minimum atomic E-state index is -1.93. The third-order valence-corrected chi connectivity index (χ3v) is 32.3. The number of unbranched alkanes of at least 4 members (excludes halogenated alkanes) is 2. The van der Waals surface area contributed by atoms with Crippen LogP contribution in [0.25, 0.3) is 10.4 Å². The van der Waals surface area contributed by atoms with Gasteiger partial charge >= 0.3 is 5.97 Å². The van der Waals surface area contributed by atoms with Crippen LogP contribution in [-0.2, 0) is 118 Å². The van der Waals surface area contributed by atoms with E-state index in [0.717, 1.165) is 0 Å². The first kappa shape index (κ1) is 122. The number of carbonyl (C=O) groups is 1. The van der Waals surface area contributed by atoms with Crippen LogP contribution in [0.4, 0.5) is 0 Å². The van der Waals surface area contributed by atoms with Crippen LogP contribution in [0.3, 0.4) is 0 Å². The van der Waals surface area contributed by atoms with Crippen LogP contribution in [-0.4, -0.2) is 505 Å². The van der Waals surface area contributed by atoms with Crippen molar-refractivity contribution in [3.63, 3.8) is 0 Å². The molecule has 0 aromatic heterocycles. The highest BCUT2D eigenvalue weighted by molar-refractivity contribution is 5.89. The van der Waals surface area contributed by atoms with Crippen LogP contribution in [0.2, 0.25) is 0 Å². The Morgan fingerprint density at radius 3 is 0.805 bits per heavy atom. The molecule has 0 aliphatic carbocycles. The van der Waals surface area contributed by atoms with Gasteiger partial charge in [0, 0.05) is 83.2 Å². The van der Waals surface area contributed by atoms with E-state index in [9.17, 15) is 122 Å². The molecule has 0 radical (unpaired) electrons. The standard InChI is InChI=1S/C97H161N3O49/c1-36-37(2)56(30-107)126-86(38(36)3)144-79-63(120)93(139-73(79)51(114)25-102)136-70-42(7)60(34-111)131-91(47(70)12)149-83-77(55(118)29-106)143-97(84(83)132-85(124)49-20-16-14-17-21-49)137-71-43(8)61(35-112)130-90(48(71)13)148-82-66(123)96(142-76(82)54(117)28-105)135-69-41(6)59(33-110)129-89(46(69)11)147-81-65(122)95(141-75(81)53(116)27-104)134-68-40(5)58(32-109)128-88(45(68)10)146-80-64(121)94(140-74(80)52(115)26-103)133-67-39(4)57(31-108)127-87(44(67)9)145-78-62(119)92(138-72(78)50(113)24-101)125-23-19-15-18-22-99-100-98/h14,16-17,20-21,36-48,50-84,86-97,101-123H,15,18-19,22-35H2,1-13H3/t36?,37?,38?,39?,40?,41?,42?,43?,44?,45?,46?,47?,48?,50-,51-,52-,53-,54-,55-,56?,57?,58?,59?,60?,61?,62?,63?,64?,65?,66?,67?,68?,69?,70?,71?,72?,73?,74?,75?,76?,77?,78?,79?,80?,81?,82?,83?,84?,86?,87?,88?,89?,90?,91?,92?,93?,94?,95?,96?,97?/m1/s1. The van der Waals surface area contributed by atoms with Crippen LogP contribution >= 0.6 is 0 Å². The molecule has 0 saturated carbocycles. The maximum Gasteiger partial charge on any atom is 0.338 e. The van der Waals surface area contributed by atoms with E-state index in [1.54, 1.807) is 87.4 Å². The Morgan fingerprint density at radius 1 is 0.282 bits per heavy atom. The Hall–Kier alpha value is -3.88. The summed E-state index contributed by atoms with van der Waals surface area (Å²) >= 11 is 0. The summed E-state index contributed by atoms with van der Waals surface area (Å²) < 4.78 is 160. The first-order valence-corrected chi connectivity index (χ1v) is 51.9. The molecule has 0 bridgehead atoms. The molecule has 1 aromatic rings. The number of esters is 1. The number of hydrogen-bond acceptors (Lipinski definition) is 50. The highest BCUT2D eigenvalue weighted by Crippen LogP contribution is 2.50. The zero-order valence-electron chi connectivity index (χ0n) is 85.8. The van der Waals surface area contributed by atoms with E-state index >= 15 is 0 Å². The molecule has 12 saturated heterocycles. The third kappa shape index (κ3) is 26.9. The topological polar surface area (TPSA) is 762 Å². The number of ether oxygens (including phenoxy) is 25. The molecule has 52 nitrogen and oxygen atoms in total. The van der Waals surface area contributed by atoms with Crippen molar-refractivity contribution in [2.45, 2.75) is 398 Å². The SMILES string of the molecule is CC1C(CO)OC(OC2C(O)C(OC3C(C)C(CO)OC(OC4C(OC(=O)c5ccccc5)C(OC5C(C)C(CO)OC(OC6C(O)C(OC7C(C)C(CO)OC(OC8C(O)C(OC9C(C)C(CO)OC(OC%10C(O)C(OC%11C(C)C(CO)OC(OC%12C(O)C(OCCCCCN=[N+]=[N-])OC%12[C@H](O)CO)C%11C)OC%10[C@H](O)CO)C9C)OC8[C@H](O)CO)C7C)OC6[C@H](O)CO)C5C)OC4[C@H](O)CO)C3C)OC2[C@H](O)CO)C(C)C1C. The fourth-order valence-corrected chi connectivity index (χ4v) is 22.6. The second kappa shape index (κ2) is 55.3. The maximum atomic E-state index is 14.6. The van der Waals surface area contributed by atoms with Gasteiger partial charge in [0.1, 0.15) is 140 Å². The molecule has 0 spiro atoms. The molecule has 12 heterocycles. The van der Waals surface area contributed by atoms with E-state index in [-0.39, 0.29) is 43.1 Å². The number of benzene rings is 1. The first-order chi connectivity index (χ1) is 71.2. The molecule has 12 aliphatic rings. The van der Waals surface area contributed by atoms with Crippen LogP contribution < -0.4 is 0 Å². The van der Waals surface area contributed by atoms with Crippen molar-refractivity contribution in [1.29, 1.82) is 0 Å². The minimum absolute atomic E-state index is 0.0262. The highest BCUT2D eigenvalue weighted by atomic mass is 16.8. The smallest absolute Gasteiger partial charge is 0.338 e. The molecule has 54 unspecified atom stereocenters. The number of rotatable bonds is 49. The van der Waals surface area contributed by atoms with Gasteiger partial charge in [-0.25, -0.2) is 4.79 Å². The number of nitrogens with zero attached hydrogens (tertiary/aromatic N) is 3. The van der Waals surface area contributed by atoms with Gasteiger partial charge in [-0.15, -0.1) is 0 Å². The summed E-state index contributed by atoms with van der Waals surface area (Å²) in [6.45, 7) is 13.2. The minimum Gasteiger partial charge on any atom is -0.450 e. The van der Waals surface area contributed by atoms with Gasteiger partial charge < -0.3 is 236 Å². The Morgan fingerprint density at radius 2 is 0.523 bits per heavy atom. The lowest BCUT2D eigenvalue weighted by Crippen LogP contribution is -2.57. The average Bonchev–Trinajstić information content (AvgIpc) is 1.64. The predicted molar refractivity (Wildman–Crippen MR) is 497 cm³/mol. The Labute approximate surface area is 862 Å². The summed E-state index contributed by atoms with van der Waals surface area (Å²) in [6, 6.07) is 7.70. The van der Waals surface area contributed by atoms with E-state index in [0.29, 0.717) is 19.3 Å². The van der Waals surface area contributed by atoms with E-state index in [4.69, 9.17) is 124 Å². The van der Waals surface area contributed by atoms with Gasteiger partial charge in [0.2, 0.25) is 0 Å². The lowest BCUT2D eigenvalue weighted by Gasteiger charge is -2.46. The molecule has 23 N–H and O–H groups in total. The van der Waals surface area contributed by atoms with Gasteiger partial charge in [-0.1, -0.05) is 120 Å². The molecule has 1 aromatic carbocycles. The van der Waals surface area contributed by atoms with Gasteiger partial charge in [0.25, 0.3) is 0 Å². The molecule has 149 heavy (non-hydrogen) atoms. The first-order valence-electron chi connectivity index (χ1n) is 51.9. The van der Waals surface area contributed by atoms with Crippen LogP contribution in [0.5, 0.6) is 0 Å². The fraction of sp³-hybridized carbons (Fsp3) is 0.928. The second-order valence-electron chi connectivity index (χ2n) is 42.0. The molecular formula is C97H161N3O49. The zero-order chi connectivity index (χ0) is 108. The summed E-state index contributed by atoms with van der Waals surface area (Å²) in [4.78, 5) is 17.3. The van der Waals surface area contributed by atoms with Crippen molar-refractivity contribution in [1.82, 2.24) is 0 Å². The van der Waals surface area contributed by atoms with Crippen molar-refractivity contribution in [3.05, 3.63) is 46.3 Å². The van der Waals surface area contributed by atoms with Crippen molar-refractivity contribution in [3.8, 4) is 0 Å². The summed E-state index contributed by atoms with van der Waals surface area (Å²) in [6.07, 6.45) is -69.0. The Bertz CT molecular complexity index is 4180. The van der Waals surface area contributed by atoms with Gasteiger partial charge in [-0.3, -0.25) is 0 Å². The van der Waals surface area contributed by atoms with Gasteiger partial charge in [-0.2, -0.15) is 0 Å². The van der Waals surface area contributed by atoms with Crippen molar-refractivity contribution in [2.24, 2.45) is 82.0 Å². The average molecular weight is 2150 g/mol. The Balaban J connectivity index is 0.682. The number of hydrogen-bond donors (Lipinski definition) is 23. The van der Waals surface area contributed by atoms with E-state index in [2.05, 4.69) is 10.0 Å². The molecule has 0 amide bonds. The molecule has 12 fully saturated rings. The Kier molecular flexibility index (Phi) is 45.3. The number of carbonyl (C=O) groups excluding carboxylic acids is 1. The normalized spacial score (nSPS) is 47.0. The number of aliphatic hydroxyl groups excluding tert-OH is 23. The number of aliphatic hydroxyl groups is 23. The second-order valence-corrected chi connectivity index (χ2v) is 42.0. The van der Waals surface area contributed by atoms with E-state index in [1.807, 2.05) is 20.8 Å². The van der Waals surface area contributed by atoms with Crippen LogP contribution in [0, 0.1) is 76.9 Å². The summed E-state index contributed by atoms with van der Waals surface area (Å²) in [5.41, 5.74) is 8.65. The third-order valence-electron chi connectivity index (χ3n) is 32.3. The highest BCUT2D eigenvalue weighted by Gasteiger charge is 2.64. The van der Waals surface area contributed by atoms with Crippen molar-refractivity contribution in [2.75, 3.05) is 92.4 Å². The van der Waals surface area contributed by atoms with Crippen LogP contribution in [0.15, 0.2) is 35.4 Å². The molecule has 12 aliphatic heterocycles. The maximum absolute atomic E-state index is 14.6. The lowest BCUT2D eigenvalue weighted by atomic mass is 9.79. The number of azide groups is 1. The van der Waals surface area contributed by atoms with Gasteiger partial charge in [0.15, 0.2) is 81.6 Å². The molecule has 52 heteroatoms.